The third-order valence-electron chi connectivity index (χ3n) is 3.44. The normalized spacial score (nSPS) is 12.0. The highest BCUT2D eigenvalue weighted by Crippen LogP contribution is 2.34. The Hall–Kier alpha value is -0.100. The predicted molar refractivity (Wildman–Crippen MR) is 92.5 cm³/mol. The Bertz CT molecular complexity index is 424. The van der Waals surface area contributed by atoms with Gasteiger partial charge >= 0.3 is 0 Å². The van der Waals surface area contributed by atoms with Crippen LogP contribution in [0.4, 0.5) is 0 Å². The summed E-state index contributed by atoms with van der Waals surface area (Å²) in [4.78, 5) is 2.23. The van der Waals surface area contributed by atoms with Crippen molar-refractivity contribution in [3.8, 4) is 5.75 Å². The Morgan fingerprint density at radius 3 is 2.20 bits per heavy atom. The molecule has 114 valence electrons. The summed E-state index contributed by atoms with van der Waals surface area (Å²) in [6.07, 6.45) is 0. The lowest BCUT2D eigenvalue weighted by Gasteiger charge is -2.32. The van der Waals surface area contributed by atoms with E-state index in [1.165, 1.54) is 5.56 Å². The number of halogens is 2. The summed E-state index contributed by atoms with van der Waals surface area (Å²) >= 11 is 7.13. The Kier molecular flexibility index (Phi) is 6.98. The van der Waals surface area contributed by atoms with Crippen molar-refractivity contribution in [1.82, 2.24) is 10.2 Å². The van der Waals surface area contributed by atoms with Gasteiger partial charge in [-0.3, -0.25) is 0 Å². The molecule has 5 heteroatoms. The molecule has 0 aromatic heterocycles. The van der Waals surface area contributed by atoms with Crippen molar-refractivity contribution in [3.05, 3.63) is 26.6 Å². The van der Waals surface area contributed by atoms with Gasteiger partial charge in [0.05, 0.1) is 15.6 Å². The standard InChI is InChI=1S/C15H24Br2N2O/c1-6-20-14-12(16)7-11(8-13(14)17)9-18-10-15(2,3)19(4)5/h7-8,18H,6,9-10H2,1-5H3. The van der Waals surface area contributed by atoms with Gasteiger partial charge in [-0.05, 0) is 84.4 Å². The molecule has 0 saturated heterocycles. The van der Waals surface area contributed by atoms with Crippen LogP contribution >= 0.6 is 31.9 Å². The summed E-state index contributed by atoms with van der Waals surface area (Å²) < 4.78 is 7.56. The molecule has 3 nitrogen and oxygen atoms in total. The van der Waals surface area contributed by atoms with E-state index in [1.807, 2.05) is 6.92 Å². The van der Waals surface area contributed by atoms with E-state index in [0.717, 1.165) is 27.8 Å². The van der Waals surface area contributed by atoms with Crippen LogP contribution in [0.15, 0.2) is 21.1 Å². The Balaban J connectivity index is 2.66. The Morgan fingerprint density at radius 1 is 1.20 bits per heavy atom. The quantitative estimate of drug-likeness (QED) is 0.738. The van der Waals surface area contributed by atoms with E-state index in [9.17, 15) is 0 Å². The first-order valence-corrected chi connectivity index (χ1v) is 8.35. The highest BCUT2D eigenvalue weighted by atomic mass is 79.9. The number of benzene rings is 1. The van der Waals surface area contributed by atoms with Crippen LogP contribution in [0.25, 0.3) is 0 Å². The summed E-state index contributed by atoms with van der Waals surface area (Å²) in [5.74, 6) is 0.866. The average molecular weight is 408 g/mol. The SMILES string of the molecule is CCOc1c(Br)cc(CNCC(C)(C)N(C)C)cc1Br. The van der Waals surface area contributed by atoms with Crippen LogP contribution in [0.2, 0.25) is 0 Å². The Morgan fingerprint density at radius 2 is 1.75 bits per heavy atom. The van der Waals surface area contributed by atoms with Gasteiger partial charge < -0.3 is 15.0 Å². The van der Waals surface area contributed by atoms with E-state index < -0.39 is 0 Å². The second kappa shape index (κ2) is 7.78. The molecule has 0 amide bonds. The van der Waals surface area contributed by atoms with Crippen LogP contribution in [0.5, 0.6) is 5.75 Å². The molecule has 0 unspecified atom stereocenters. The highest BCUT2D eigenvalue weighted by molar-refractivity contribution is 9.11. The fourth-order valence-corrected chi connectivity index (χ4v) is 3.18. The van der Waals surface area contributed by atoms with Crippen molar-refractivity contribution in [3.63, 3.8) is 0 Å². The molecule has 1 aromatic rings. The molecule has 0 aliphatic heterocycles. The summed E-state index contributed by atoms with van der Waals surface area (Å²) in [7, 11) is 4.21. The minimum Gasteiger partial charge on any atom is -0.492 e. The molecule has 0 aliphatic rings. The number of hydrogen-bond acceptors (Lipinski definition) is 3. The molecule has 0 atom stereocenters. The maximum absolute atomic E-state index is 5.59. The molecule has 20 heavy (non-hydrogen) atoms. The topological polar surface area (TPSA) is 24.5 Å². The zero-order chi connectivity index (χ0) is 15.3. The summed E-state index contributed by atoms with van der Waals surface area (Å²) in [5, 5.41) is 3.51. The molecule has 0 bridgehead atoms. The van der Waals surface area contributed by atoms with E-state index in [4.69, 9.17) is 4.74 Å². The van der Waals surface area contributed by atoms with Gasteiger partial charge in [0.2, 0.25) is 0 Å². The van der Waals surface area contributed by atoms with Crippen LogP contribution < -0.4 is 10.1 Å². The maximum atomic E-state index is 5.59. The van der Waals surface area contributed by atoms with E-state index >= 15 is 0 Å². The maximum Gasteiger partial charge on any atom is 0.147 e. The summed E-state index contributed by atoms with van der Waals surface area (Å²) in [6, 6.07) is 4.21. The van der Waals surface area contributed by atoms with Gasteiger partial charge in [-0.25, -0.2) is 0 Å². The fraction of sp³-hybridized carbons (Fsp3) is 0.600. The van der Waals surface area contributed by atoms with Crippen LogP contribution in [0.3, 0.4) is 0 Å². The van der Waals surface area contributed by atoms with Crippen LogP contribution in [0, 0.1) is 0 Å². The first-order valence-electron chi connectivity index (χ1n) is 6.76. The highest BCUT2D eigenvalue weighted by Gasteiger charge is 2.19. The number of hydrogen-bond donors (Lipinski definition) is 1. The minimum absolute atomic E-state index is 0.139. The predicted octanol–water partition coefficient (Wildman–Crippen LogP) is 4.04. The molecule has 1 aromatic carbocycles. The van der Waals surface area contributed by atoms with E-state index in [2.05, 4.69) is 82.2 Å². The van der Waals surface area contributed by atoms with Gasteiger partial charge in [-0.15, -0.1) is 0 Å². The van der Waals surface area contributed by atoms with Crippen molar-refractivity contribution in [2.45, 2.75) is 32.9 Å². The number of ether oxygens (including phenoxy) is 1. The molecular weight excluding hydrogens is 384 g/mol. The summed E-state index contributed by atoms with van der Waals surface area (Å²) in [6.45, 7) is 8.86. The molecular formula is C15H24Br2N2O. The van der Waals surface area contributed by atoms with Crippen molar-refractivity contribution in [1.29, 1.82) is 0 Å². The van der Waals surface area contributed by atoms with Gasteiger partial charge in [0.25, 0.3) is 0 Å². The molecule has 0 heterocycles. The lowest BCUT2D eigenvalue weighted by molar-refractivity contribution is 0.190. The van der Waals surface area contributed by atoms with Gasteiger partial charge in [0.15, 0.2) is 0 Å². The molecule has 0 aliphatic carbocycles. The second-order valence-electron chi connectivity index (χ2n) is 5.63. The van der Waals surface area contributed by atoms with Crippen LogP contribution in [-0.2, 0) is 6.54 Å². The third-order valence-corrected chi connectivity index (χ3v) is 4.62. The number of nitrogens with one attached hydrogen (secondary N) is 1. The van der Waals surface area contributed by atoms with E-state index in [0.29, 0.717) is 6.61 Å². The van der Waals surface area contributed by atoms with Crippen LogP contribution in [0.1, 0.15) is 26.3 Å². The van der Waals surface area contributed by atoms with Gasteiger partial charge in [-0.2, -0.15) is 0 Å². The van der Waals surface area contributed by atoms with Crippen molar-refractivity contribution >= 4 is 31.9 Å². The minimum atomic E-state index is 0.139. The van der Waals surface area contributed by atoms with E-state index in [-0.39, 0.29) is 5.54 Å². The molecule has 1 N–H and O–H groups in total. The van der Waals surface area contributed by atoms with Gasteiger partial charge in [0.1, 0.15) is 5.75 Å². The molecule has 0 saturated carbocycles. The smallest absolute Gasteiger partial charge is 0.147 e. The third kappa shape index (κ3) is 5.02. The Labute approximate surface area is 139 Å². The molecule has 0 fully saturated rings. The zero-order valence-corrected chi connectivity index (χ0v) is 16.1. The monoisotopic (exact) mass is 406 g/mol. The van der Waals surface area contributed by atoms with Crippen molar-refractivity contribution < 1.29 is 4.74 Å². The second-order valence-corrected chi connectivity index (χ2v) is 7.34. The zero-order valence-electron chi connectivity index (χ0n) is 12.9. The number of likely N-dealkylation sites (N-methyl/N-ethyl adjacent to an activating group) is 1. The fourth-order valence-electron chi connectivity index (χ4n) is 1.67. The first-order chi connectivity index (χ1) is 9.27. The van der Waals surface area contributed by atoms with Gasteiger partial charge in [0, 0.05) is 18.6 Å². The van der Waals surface area contributed by atoms with Gasteiger partial charge in [-0.1, -0.05) is 0 Å². The van der Waals surface area contributed by atoms with Crippen LogP contribution in [-0.4, -0.2) is 37.7 Å². The summed E-state index contributed by atoms with van der Waals surface area (Å²) in [5.41, 5.74) is 1.36. The lowest BCUT2D eigenvalue weighted by atomic mass is 10.0. The molecule has 1 rings (SSSR count). The number of rotatable bonds is 7. The van der Waals surface area contributed by atoms with Crippen molar-refractivity contribution in [2.75, 3.05) is 27.2 Å². The molecule has 0 spiro atoms. The largest absolute Gasteiger partial charge is 0.492 e. The van der Waals surface area contributed by atoms with E-state index in [1.54, 1.807) is 0 Å². The van der Waals surface area contributed by atoms with Crippen molar-refractivity contribution in [2.24, 2.45) is 0 Å². The average Bonchev–Trinajstić information content (AvgIpc) is 2.33. The first kappa shape index (κ1) is 18.0. The number of nitrogens with zero attached hydrogens (tertiary/aromatic N) is 1. The molecule has 0 radical (unpaired) electrons. The lowest BCUT2D eigenvalue weighted by Crippen LogP contribution is -2.46.